The van der Waals surface area contributed by atoms with Gasteiger partial charge in [0.1, 0.15) is 5.02 Å². The number of likely N-dealkylation sites (N-methyl/N-ethyl adjacent to an activating group) is 1. The molecule has 2 aromatic rings. The van der Waals surface area contributed by atoms with Crippen LogP contribution in [0.25, 0.3) is 5.69 Å². The van der Waals surface area contributed by atoms with E-state index in [9.17, 15) is 9.59 Å². The van der Waals surface area contributed by atoms with E-state index < -0.39 is 11.5 Å². The van der Waals surface area contributed by atoms with E-state index in [0.717, 1.165) is 10.3 Å². The van der Waals surface area contributed by atoms with E-state index in [0.29, 0.717) is 17.9 Å². The monoisotopic (exact) mass is 347 g/mol. The summed E-state index contributed by atoms with van der Waals surface area (Å²) >= 11 is 6.23. The number of hydrogen-bond donors (Lipinski definition) is 0. The summed E-state index contributed by atoms with van der Waals surface area (Å²) < 4.78 is 5.83. The average molecular weight is 348 g/mol. The molecule has 126 valence electrons. The highest BCUT2D eigenvalue weighted by molar-refractivity contribution is 6.33. The molecule has 0 saturated heterocycles. The van der Waals surface area contributed by atoms with Gasteiger partial charge in [0.25, 0.3) is 5.56 Å². The van der Waals surface area contributed by atoms with Crippen molar-refractivity contribution < 1.29 is 9.53 Å². The molecule has 0 aliphatic heterocycles. The minimum atomic E-state index is -0.557. The van der Waals surface area contributed by atoms with Gasteiger partial charge >= 0.3 is 5.97 Å². The Kier molecular flexibility index (Phi) is 5.41. The van der Waals surface area contributed by atoms with Crippen LogP contribution in [0, 0.1) is 0 Å². The van der Waals surface area contributed by atoms with Gasteiger partial charge in [-0.3, -0.25) is 4.79 Å². The van der Waals surface area contributed by atoms with E-state index in [4.69, 9.17) is 16.3 Å². The number of nitrogens with zero attached hydrogens (tertiary/aromatic N) is 3. The second kappa shape index (κ2) is 7.31. The fourth-order valence-corrected chi connectivity index (χ4v) is 2.57. The lowest BCUT2D eigenvalue weighted by atomic mass is 10.2. The van der Waals surface area contributed by atoms with Crippen molar-refractivity contribution in [3.8, 4) is 5.69 Å². The molecule has 1 aromatic carbocycles. The molecule has 0 amide bonds. The Morgan fingerprint density at radius 2 is 2.08 bits per heavy atom. The SMILES string of the molecule is C=C(C)CN(C)c1cnn(-c2ccccc2C(=O)OC)c(=O)c1Cl. The molecule has 2 rings (SSSR count). The second-order valence-corrected chi connectivity index (χ2v) is 5.76. The fourth-order valence-electron chi connectivity index (χ4n) is 2.29. The number of benzene rings is 1. The van der Waals surface area contributed by atoms with Gasteiger partial charge in [-0.2, -0.15) is 9.78 Å². The summed E-state index contributed by atoms with van der Waals surface area (Å²) in [6.07, 6.45) is 1.49. The minimum Gasteiger partial charge on any atom is -0.465 e. The van der Waals surface area contributed by atoms with E-state index in [1.165, 1.54) is 13.3 Å². The topological polar surface area (TPSA) is 64.4 Å². The third-order valence-electron chi connectivity index (χ3n) is 3.36. The van der Waals surface area contributed by atoms with Crippen LogP contribution in [0.2, 0.25) is 5.02 Å². The summed E-state index contributed by atoms with van der Waals surface area (Å²) in [5.41, 5.74) is 1.45. The Hall–Kier alpha value is -2.60. The Labute approximate surface area is 144 Å². The van der Waals surface area contributed by atoms with Crippen LogP contribution in [0.5, 0.6) is 0 Å². The molecule has 0 spiro atoms. The first-order valence-electron chi connectivity index (χ1n) is 7.18. The van der Waals surface area contributed by atoms with Crippen LogP contribution >= 0.6 is 11.6 Å². The van der Waals surface area contributed by atoms with E-state index in [1.807, 2.05) is 6.92 Å². The van der Waals surface area contributed by atoms with E-state index in [2.05, 4.69) is 11.7 Å². The van der Waals surface area contributed by atoms with Crippen molar-refractivity contribution in [2.24, 2.45) is 0 Å². The summed E-state index contributed by atoms with van der Waals surface area (Å²) in [6, 6.07) is 6.54. The van der Waals surface area contributed by atoms with Gasteiger partial charge in [-0.1, -0.05) is 35.9 Å². The smallest absolute Gasteiger partial charge is 0.340 e. The van der Waals surface area contributed by atoms with Gasteiger partial charge in [0.15, 0.2) is 0 Å². The van der Waals surface area contributed by atoms with Crippen LogP contribution in [0.4, 0.5) is 5.69 Å². The molecule has 0 aliphatic rings. The highest BCUT2D eigenvalue weighted by atomic mass is 35.5. The number of halogens is 1. The first kappa shape index (κ1) is 17.7. The Bertz CT molecular complexity index is 845. The van der Waals surface area contributed by atoms with Gasteiger partial charge in [-0.05, 0) is 19.1 Å². The highest BCUT2D eigenvalue weighted by Gasteiger charge is 2.18. The first-order chi connectivity index (χ1) is 11.4. The van der Waals surface area contributed by atoms with Crippen LogP contribution in [0.3, 0.4) is 0 Å². The predicted molar refractivity (Wildman–Crippen MR) is 94.3 cm³/mol. The van der Waals surface area contributed by atoms with Gasteiger partial charge in [0, 0.05) is 13.6 Å². The van der Waals surface area contributed by atoms with Gasteiger partial charge in [0.2, 0.25) is 0 Å². The maximum atomic E-state index is 12.6. The summed E-state index contributed by atoms with van der Waals surface area (Å²) in [6.45, 7) is 6.26. The number of anilines is 1. The Balaban J connectivity index is 2.56. The number of para-hydroxylation sites is 1. The van der Waals surface area contributed by atoms with Gasteiger partial charge in [0.05, 0.1) is 30.2 Å². The molecule has 6 nitrogen and oxygen atoms in total. The summed E-state index contributed by atoms with van der Waals surface area (Å²) in [5.74, 6) is -0.557. The lowest BCUT2D eigenvalue weighted by molar-refractivity contribution is 0.0600. The van der Waals surface area contributed by atoms with Crippen LogP contribution in [-0.4, -0.2) is 36.5 Å². The zero-order chi connectivity index (χ0) is 17.9. The van der Waals surface area contributed by atoms with Crippen molar-refractivity contribution in [2.45, 2.75) is 6.92 Å². The number of rotatable bonds is 5. The molecule has 0 fully saturated rings. The second-order valence-electron chi connectivity index (χ2n) is 5.38. The van der Waals surface area contributed by atoms with E-state index in [-0.39, 0.29) is 10.6 Å². The molecule has 7 heteroatoms. The molecular formula is C17H18ClN3O3. The number of esters is 1. The fraction of sp³-hybridized carbons (Fsp3) is 0.235. The maximum Gasteiger partial charge on any atom is 0.340 e. The zero-order valence-electron chi connectivity index (χ0n) is 13.7. The molecule has 0 bridgehead atoms. The number of ether oxygens (including phenoxy) is 1. The molecule has 0 saturated carbocycles. The molecule has 0 radical (unpaired) electrons. The zero-order valence-corrected chi connectivity index (χ0v) is 14.5. The molecule has 0 N–H and O–H groups in total. The molecule has 0 atom stereocenters. The lowest BCUT2D eigenvalue weighted by Crippen LogP contribution is -2.28. The van der Waals surface area contributed by atoms with Crippen LogP contribution in [0.15, 0.2) is 47.4 Å². The summed E-state index contributed by atoms with van der Waals surface area (Å²) in [7, 11) is 3.07. The van der Waals surface area contributed by atoms with Gasteiger partial charge in [-0.25, -0.2) is 4.79 Å². The van der Waals surface area contributed by atoms with Crippen molar-refractivity contribution in [3.05, 3.63) is 63.6 Å². The third-order valence-corrected chi connectivity index (χ3v) is 3.71. The summed E-state index contributed by atoms with van der Waals surface area (Å²) in [5, 5.41) is 4.18. The van der Waals surface area contributed by atoms with E-state index >= 15 is 0 Å². The molecule has 1 aromatic heterocycles. The van der Waals surface area contributed by atoms with Crippen molar-refractivity contribution in [1.29, 1.82) is 0 Å². The Morgan fingerprint density at radius 1 is 1.42 bits per heavy atom. The molecule has 24 heavy (non-hydrogen) atoms. The summed E-state index contributed by atoms with van der Waals surface area (Å²) in [4.78, 5) is 26.3. The number of methoxy groups -OCH3 is 1. The van der Waals surface area contributed by atoms with Crippen LogP contribution < -0.4 is 10.5 Å². The lowest BCUT2D eigenvalue weighted by Gasteiger charge is -2.20. The van der Waals surface area contributed by atoms with Gasteiger partial charge < -0.3 is 9.64 Å². The minimum absolute atomic E-state index is 0.0217. The molecule has 0 unspecified atom stereocenters. The number of carbonyl (C=O) groups is 1. The number of carbonyl (C=O) groups excluding carboxylic acids is 1. The predicted octanol–water partition coefficient (Wildman–Crippen LogP) is 2.68. The van der Waals surface area contributed by atoms with Crippen molar-refractivity contribution in [2.75, 3.05) is 25.6 Å². The van der Waals surface area contributed by atoms with Gasteiger partial charge in [-0.15, -0.1) is 0 Å². The number of aromatic nitrogens is 2. The quantitative estimate of drug-likeness (QED) is 0.614. The standard InChI is InChI=1S/C17H18ClN3O3/c1-11(2)10-20(3)14-9-19-21(16(22)15(14)18)13-8-6-5-7-12(13)17(23)24-4/h5-9H,1,10H2,2-4H3. The first-order valence-corrected chi connectivity index (χ1v) is 7.55. The van der Waals surface area contributed by atoms with E-state index in [1.54, 1.807) is 36.2 Å². The van der Waals surface area contributed by atoms with Crippen LogP contribution in [0.1, 0.15) is 17.3 Å². The number of hydrogen-bond acceptors (Lipinski definition) is 5. The molecular weight excluding hydrogens is 330 g/mol. The third kappa shape index (κ3) is 3.49. The maximum absolute atomic E-state index is 12.6. The van der Waals surface area contributed by atoms with Crippen molar-refractivity contribution >= 4 is 23.3 Å². The van der Waals surface area contributed by atoms with Crippen LogP contribution in [-0.2, 0) is 4.74 Å². The van der Waals surface area contributed by atoms with Crippen molar-refractivity contribution in [3.63, 3.8) is 0 Å². The molecule has 1 heterocycles. The highest BCUT2D eigenvalue weighted by Crippen LogP contribution is 2.22. The normalized spacial score (nSPS) is 10.3. The average Bonchev–Trinajstić information content (AvgIpc) is 2.56. The molecule has 0 aliphatic carbocycles. The largest absolute Gasteiger partial charge is 0.465 e. The Morgan fingerprint density at radius 3 is 2.71 bits per heavy atom. The van der Waals surface area contributed by atoms with Crippen molar-refractivity contribution in [1.82, 2.24) is 9.78 Å².